The van der Waals surface area contributed by atoms with E-state index >= 15 is 0 Å². The molecule has 0 spiro atoms. The molecule has 3 rings (SSSR count). The number of methoxy groups -OCH3 is 4. The summed E-state index contributed by atoms with van der Waals surface area (Å²) < 4.78 is 44.1. The van der Waals surface area contributed by atoms with Crippen LogP contribution in [0, 0.1) is 0 Å². The molecule has 0 saturated carbocycles. The molecule has 1 heterocycles. The Labute approximate surface area is 217 Å². The molecule has 0 aliphatic carbocycles. The van der Waals surface area contributed by atoms with Crippen molar-refractivity contribution in [3.05, 3.63) is 47.1 Å². The standard InChI is InChI=1S/C23H28ClN5O6S/c1-6-29(36(30)31)13-14-9-16(32-2)7-8-18(14)27-22-17(24)12-25-23(28-22)26-15-10-19(33-3)21(35-5)20(11-15)34-4/h7-12H,6,13H2,1-5H3,(H,30,31)(H2,25,26,27,28). The number of aromatic nitrogens is 2. The number of halogens is 1. The zero-order chi connectivity index (χ0) is 26.2. The van der Waals surface area contributed by atoms with Gasteiger partial charge in [-0.15, -0.1) is 0 Å². The molecule has 0 aliphatic rings. The number of nitrogens with zero attached hydrogens (tertiary/aromatic N) is 3. The van der Waals surface area contributed by atoms with Crippen molar-refractivity contribution in [1.82, 2.24) is 14.3 Å². The van der Waals surface area contributed by atoms with Gasteiger partial charge in [0.1, 0.15) is 10.8 Å². The molecular weight excluding hydrogens is 510 g/mol. The topological polar surface area (TPSA) is 127 Å². The number of nitrogens with one attached hydrogen (secondary N) is 2. The highest BCUT2D eigenvalue weighted by Crippen LogP contribution is 2.40. The number of benzene rings is 2. The second-order valence-electron chi connectivity index (χ2n) is 7.26. The van der Waals surface area contributed by atoms with Gasteiger partial charge in [0.15, 0.2) is 17.3 Å². The first-order valence-electron chi connectivity index (χ1n) is 10.7. The quantitative estimate of drug-likeness (QED) is 0.282. The van der Waals surface area contributed by atoms with Crippen LogP contribution in [0.2, 0.25) is 5.02 Å². The van der Waals surface area contributed by atoms with E-state index in [2.05, 4.69) is 20.6 Å². The highest BCUT2D eigenvalue weighted by atomic mass is 35.5. The Morgan fingerprint density at radius 3 is 2.28 bits per heavy atom. The van der Waals surface area contributed by atoms with Gasteiger partial charge >= 0.3 is 0 Å². The zero-order valence-corrected chi connectivity index (χ0v) is 22.1. The van der Waals surface area contributed by atoms with Crippen LogP contribution in [0.3, 0.4) is 0 Å². The van der Waals surface area contributed by atoms with Crippen molar-refractivity contribution in [2.24, 2.45) is 0 Å². The summed E-state index contributed by atoms with van der Waals surface area (Å²) in [5.41, 5.74) is 1.96. The smallest absolute Gasteiger partial charge is 0.234 e. The van der Waals surface area contributed by atoms with Crippen molar-refractivity contribution in [3.8, 4) is 23.0 Å². The van der Waals surface area contributed by atoms with Gasteiger partial charge in [-0.1, -0.05) is 18.5 Å². The summed E-state index contributed by atoms with van der Waals surface area (Å²) >= 11 is 4.25. The zero-order valence-electron chi connectivity index (χ0n) is 20.5. The minimum absolute atomic E-state index is 0.193. The Morgan fingerprint density at radius 2 is 1.72 bits per heavy atom. The fourth-order valence-electron chi connectivity index (χ4n) is 3.34. The fraction of sp³-hybridized carbons (Fsp3) is 0.304. The third-order valence-electron chi connectivity index (χ3n) is 5.15. The predicted octanol–water partition coefficient (Wildman–Crippen LogP) is 4.61. The van der Waals surface area contributed by atoms with E-state index in [-0.39, 0.29) is 17.5 Å². The van der Waals surface area contributed by atoms with Crippen LogP contribution in [0.25, 0.3) is 0 Å². The molecule has 1 unspecified atom stereocenters. The summed E-state index contributed by atoms with van der Waals surface area (Å²) in [5.74, 6) is 2.60. The molecule has 0 fully saturated rings. The molecule has 36 heavy (non-hydrogen) atoms. The van der Waals surface area contributed by atoms with Crippen LogP contribution >= 0.6 is 11.6 Å². The van der Waals surface area contributed by atoms with Crippen molar-refractivity contribution in [2.45, 2.75) is 13.5 Å². The lowest BCUT2D eigenvalue weighted by Gasteiger charge is -2.19. The van der Waals surface area contributed by atoms with Gasteiger partial charge in [0.25, 0.3) is 0 Å². The van der Waals surface area contributed by atoms with E-state index in [0.29, 0.717) is 52.3 Å². The van der Waals surface area contributed by atoms with Gasteiger partial charge in [-0.25, -0.2) is 9.19 Å². The SMILES string of the molecule is CCN(Cc1cc(OC)ccc1Nc1nc(Nc2cc(OC)c(OC)c(OC)c2)ncc1Cl)S(=O)O. The Kier molecular flexibility index (Phi) is 9.53. The van der Waals surface area contributed by atoms with Gasteiger partial charge in [-0.2, -0.15) is 9.29 Å². The van der Waals surface area contributed by atoms with Crippen LogP contribution in [-0.4, -0.2) is 58.0 Å². The highest BCUT2D eigenvalue weighted by molar-refractivity contribution is 7.76. The summed E-state index contributed by atoms with van der Waals surface area (Å²) in [6.07, 6.45) is 1.46. The molecule has 0 aliphatic heterocycles. The second kappa shape index (κ2) is 12.6. The monoisotopic (exact) mass is 537 g/mol. The average molecular weight is 538 g/mol. The molecule has 0 saturated heterocycles. The van der Waals surface area contributed by atoms with Crippen LogP contribution < -0.4 is 29.6 Å². The Hall–Kier alpha value is -3.32. The number of ether oxygens (including phenoxy) is 4. The lowest BCUT2D eigenvalue weighted by molar-refractivity contribution is 0.324. The molecule has 11 nitrogen and oxygen atoms in total. The fourth-order valence-corrected chi connectivity index (χ4v) is 3.95. The van der Waals surface area contributed by atoms with Crippen molar-refractivity contribution in [3.63, 3.8) is 0 Å². The van der Waals surface area contributed by atoms with E-state index in [1.54, 1.807) is 44.4 Å². The normalized spacial score (nSPS) is 11.7. The average Bonchev–Trinajstić information content (AvgIpc) is 2.88. The molecule has 2 aromatic carbocycles. The van der Waals surface area contributed by atoms with E-state index in [4.69, 9.17) is 30.5 Å². The van der Waals surface area contributed by atoms with Crippen molar-refractivity contribution < 1.29 is 27.7 Å². The first kappa shape index (κ1) is 27.3. The number of hydrogen-bond acceptors (Lipinski definition) is 9. The summed E-state index contributed by atoms with van der Waals surface area (Å²) in [6, 6.07) is 8.78. The summed E-state index contributed by atoms with van der Waals surface area (Å²) in [4.78, 5) is 8.76. The van der Waals surface area contributed by atoms with Gasteiger partial charge in [0.05, 0.1) is 34.6 Å². The molecule has 3 N–H and O–H groups in total. The van der Waals surface area contributed by atoms with Gasteiger partial charge in [0.2, 0.25) is 23.0 Å². The molecular formula is C23H28ClN5O6S. The van der Waals surface area contributed by atoms with E-state index in [9.17, 15) is 8.76 Å². The largest absolute Gasteiger partial charge is 0.497 e. The van der Waals surface area contributed by atoms with Gasteiger partial charge < -0.3 is 29.6 Å². The third kappa shape index (κ3) is 6.46. The maximum atomic E-state index is 11.7. The van der Waals surface area contributed by atoms with Crippen LogP contribution in [-0.2, 0) is 17.8 Å². The Morgan fingerprint density at radius 1 is 1.03 bits per heavy atom. The molecule has 13 heteroatoms. The lowest BCUT2D eigenvalue weighted by Crippen LogP contribution is -2.25. The predicted molar refractivity (Wildman–Crippen MR) is 140 cm³/mol. The Bertz CT molecular complexity index is 1210. The molecule has 1 aromatic heterocycles. The summed E-state index contributed by atoms with van der Waals surface area (Å²) in [5, 5.41) is 6.59. The van der Waals surface area contributed by atoms with E-state index in [0.717, 1.165) is 0 Å². The van der Waals surface area contributed by atoms with Crippen molar-refractivity contribution in [1.29, 1.82) is 0 Å². The summed E-state index contributed by atoms with van der Waals surface area (Å²) in [6.45, 7) is 2.36. The van der Waals surface area contributed by atoms with Crippen LogP contribution in [0.15, 0.2) is 36.5 Å². The van der Waals surface area contributed by atoms with Gasteiger partial charge in [-0.05, 0) is 23.8 Å². The van der Waals surface area contributed by atoms with E-state index in [1.165, 1.54) is 31.8 Å². The lowest BCUT2D eigenvalue weighted by atomic mass is 10.1. The Balaban J connectivity index is 1.93. The van der Waals surface area contributed by atoms with Crippen LogP contribution in [0.1, 0.15) is 12.5 Å². The molecule has 194 valence electrons. The second-order valence-corrected chi connectivity index (χ2v) is 8.65. The first-order chi connectivity index (χ1) is 17.3. The van der Waals surface area contributed by atoms with E-state index < -0.39 is 11.3 Å². The van der Waals surface area contributed by atoms with Gasteiger partial charge in [-0.3, -0.25) is 4.55 Å². The van der Waals surface area contributed by atoms with Crippen molar-refractivity contribution >= 4 is 46.0 Å². The molecule has 0 bridgehead atoms. The third-order valence-corrected chi connectivity index (χ3v) is 6.26. The van der Waals surface area contributed by atoms with Gasteiger partial charge in [0, 0.05) is 36.6 Å². The van der Waals surface area contributed by atoms with Crippen LogP contribution in [0.4, 0.5) is 23.1 Å². The first-order valence-corrected chi connectivity index (χ1v) is 12.2. The minimum Gasteiger partial charge on any atom is -0.497 e. The van der Waals surface area contributed by atoms with E-state index in [1.807, 2.05) is 0 Å². The summed E-state index contributed by atoms with van der Waals surface area (Å²) in [7, 11) is 6.14. The number of rotatable bonds is 12. The molecule has 0 radical (unpaired) electrons. The maximum absolute atomic E-state index is 11.7. The molecule has 1 atom stereocenters. The minimum atomic E-state index is -2.13. The maximum Gasteiger partial charge on any atom is 0.234 e. The van der Waals surface area contributed by atoms with Crippen molar-refractivity contribution in [2.75, 3.05) is 45.6 Å². The number of hydrogen-bond donors (Lipinski definition) is 3. The molecule has 3 aromatic rings. The highest BCUT2D eigenvalue weighted by Gasteiger charge is 2.17. The van der Waals surface area contributed by atoms with Crippen LogP contribution in [0.5, 0.6) is 23.0 Å². The molecule has 0 amide bonds. The number of anilines is 4.